The third-order valence-electron chi connectivity index (χ3n) is 2.52. The number of rotatable bonds is 0. The van der Waals surface area contributed by atoms with Crippen LogP contribution in [0.2, 0.25) is 0 Å². The minimum Gasteiger partial charge on any atom is -0.261 e. The molecular weight excluding hydrogens is 165 g/mol. The van der Waals surface area contributed by atoms with Gasteiger partial charge >= 0.3 is 0 Å². The van der Waals surface area contributed by atoms with Gasteiger partial charge in [0, 0.05) is 6.21 Å². The van der Waals surface area contributed by atoms with E-state index >= 15 is 0 Å². The number of benzene rings is 1. The van der Waals surface area contributed by atoms with Gasteiger partial charge in [-0.1, -0.05) is 13.8 Å². The number of hydrogen-bond donors (Lipinski definition) is 0. The van der Waals surface area contributed by atoms with Crippen molar-refractivity contribution in [1.29, 1.82) is 0 Å². The predicted octanol–water partition coefficient (Wildman–Crippen LogP) is 3.21. The fourth-order valence-electron chi connectivity index (χ4n) is 1.65. The van der Waals surface area contributed by atoms with Crippen molar-refractivity contribution >= 4 is 11.9 Å². The zero-order valence-corrected chi connectivity index (χ0v) is 7.84. The van der Waals surface area contributed by atoms with Crippen LogP contribution < -0.4 is 0 Å². The molecule has 0 aliphatic carbocycles. The van der Waals surface area contributed by atoms with E-state index in [1.165, 1.54) is 6.07 Å². The van der Waals surface area contributed by atoms with E-state index in [-0.39, 0.29) is 11.2 Å². The van der Waals surface area contributed by atoms with Gasteiger partial charge in [-0.2, -0.15) is 0 Å². The van der Waals surface area contributed by atoms with Gasteiger partial charge in [0.15, 0.2) is 0 Å². The summed E-state index contributed by atoms with van der Waals surface area (Å²) in [5.41, 5.74) is 1.92. The molecule has 1 heterocycles. The molecule has 1 aliphatic heterocycles. The van der Waals surface area contributed by atoms with E-state index in [0.29, 0.717) is 0 Å². The molecule has 0 unspecified atom stereocenters. The lowest BCUT2D eigenvalue weighted by atomic mass is 9.79. The lowest BCUT2D eigenvalue weighted by molar-refractivity contribution is 0.539. The number of aliphatic imine (C=N–C) groups is 1. The maximum absolute atomic E-state index is 13.0. The first-order valence-corrected chi connectivity index (χ1v) is 4.42. The molecule has 0 spiro atoms. The third-order valence-corrected chi connectivity index (χ3v) is 2.52. The Balaban J connectivity index is 2.62. The predicted molar refractivity (Wildman–Crippen MR) is 52.2 cm³/mol. The first kappa shape index (κ1) is 8.42. The Morgan fingerprint density at radius 3 is 2.92 bits per heavy atom. The summed E-state index contributed by atoms with van der Waals surface area (Å²) >= 11 is 0. The second-order valence-corrected chi connectivity index (χ2v) is 4.06. The Hall–Kier alpha value is -1.18. The first-order chi connectivity index (χ1) is 6.09. The molecule has 1 aromatic rings. The molecule has 1 aromatic carbocycles. The van der Waals surface area contributed by atoms with Crippen molar-refractivity contribution in [3.63, 3.8) is 0 Å². The molecular formula is C11H12FN. The highest BCUT2D eigenvalue weighted by Gasteiger charge is 2.25. The topological polar surface area (TPSA) is 12.4 Å². The van der Waals surface area contributed by atoms with Gasteiger partial charge < -0.3 is 0 Å². The minimum absolute atomic E-state index is 0.0131. The Bertz CT molecular complexity index is 366. The summed E-state index contributed by atoms with van der Waals surface area (Å²) in [6.45, 7) is 4.22. The van der Waals surface area contributed by atoms with Gasteiger partial charge in [-0.15, -0.1) is 0 Å². The monoisotopic (exact) mass is 177 g/mol. The van der Waals surface area contributed by atoms with Gasteiger partial charge in [0.1, 0.15) is 5.82 Å². The highest BCUT2D eigenvalue weighted by Crippen LogP contribution is 2.37. The molecule has 1 aliphatic rings. The maximum atomic E-state index is 13.0. The van der Waals surface area contributed by atoms with E-state index in [0.717, 1.165) is 17.7 Å². The molecule has 0 saturated carbocycles. The average Bonchev–Trinajstić information content (AvgIpc) is 2.06. The van der Waals surface area contributed by atoms with Crippen LogP contribution in [0.1, 0.15) is 25.8 Å². The molecule has 0 saturated heterocycles. The summed E-state index contributed by atoms with van der Waals surface area (Å²) in [6, 6.07) is 4.78. The molecule has 0 amide bonds. The van der Waals surface area contributed by atoms with E-state index in [1.807, 2.05) is 6.21 Å². The highest BCUT2D eigenvalue weighted by molar-refractivity contribution is 5.71. The van der Waals surface area contributed by atoms with Crippen LogP contribution in [0.3, 0.4) is 0 Å². The zero-order valence-electron chi connectivity index (χ0n) is 7.84. The van der Waals surface area contributed by atoms with Gasteiger partial charge in [-0.05, 0) is 35.6 Å². The standard InChI is InChI=1S/C11H12FN/c1-11(2)5-6-13-10-4-3-8(12)7-9(10)11/h3-4,6-7H,5H2,1-2H3. The van der Waals surface area contributed by atoms with Gasteiger partial charge in [0.25, 0.3) is 0 Å². The van der Waals surface area contributed by atoms with Crippen molar-refractivity contribution in [2.45, 2.75) is 25.7 Å². The molecule has 0 fully saturated rings. The van der Waals surface area contributed by atoms with E-state index in [1.54, 1.807) is 12.1 Å². The average molecular weight is 177 g/mol. The Labute approximate surface area is 77.3 Å². The van der Waals surface area contributed by atoms with Crippen molar-refractivity contribution in [3.05, 3.63) is 29.6 Å². The number of nitrogens with zero attached hydrogens (tertiary/aromatic N) is 1. The number of halogens is 1. The molecule has 0 aromatic heterocycles. The van der Waals surface area contributed by atoms with Gasteiger partial charge in [0.05, 0.1) is 5.69 Å². The smallest absolute Gasteiger partial charge is 0.123 e. The van der Waals surface area contributed by atoms with Crippen molar-refractivity contribution in [2.75, 3.05) is 0 Å². The fraction of sp³-hybridized carbons (Fsp3) is 0.364. The molecule has 1 nitrogen and oxygen atoms in total. The molecule has 13 heavy (non-hydrogen) atoms. The van der Waals surface area contributed by atoms with E-state index < -0.39 is 0 Å². The largest absolute Gasteiger partial charge is 0.261 e. The van der Waals surface area contributed by atoms with Gasteiger partial charge in [-0.3, -0.25) is 4.99 Å². The van der Waals surface area contributed by atoms with Crippen LogP contribution in [-0.2, 0) is 5.41 Å². The highest BCUT2D eigenvalue weighted by atomic mass is 19.1. The Morgan fingerprint density at radius 1 is 1.38 bits per heavy atom. The number of hydrogen-bond acceptors (Lipinski definition) is 1. The molecule has 68 valence electrons. The van der Waals surface area contributed by atoms with E-state index in [9.17, 15) is 4.39 Å². The zero-order chi connectivity index (χ0) is 9.47. The SMILES string of the molecule is CC1(C)CC=Nc2ccc(F)cc21. The molecule has 0 atom stereocenters. The minimum atomic E-state index is -0.177. The Morgan fingerprint density at radius 2 is 2.15 bits per heavy atom. The summed E-state index contributed by atoms with van der Waals surface area (Å²) in [5.74, 6) is -0.177. The summed E-state index contributed by atoms with van der Waals surface area (Å²) in [4.78, 5) is 4.24. The molecule has 2 rings (SSSR count). The lowest BCUT2D eigenvalue weighted by Crippen LogP contribution is -2.20. The summed E-state index contributed by atoms with van der Waals surface area (Å²) in [5, 5.41) is 0. The fourth-order valence-corrected chi connectivity index (χ4v) is 1.65. The van der Waals surface area contributed by atoms with Crippen molar-refractivity contribution in [2.24, 2.45) is 4.99 Å². The van der Waals surface area contributed by atoms with Crippen molar-refractivity contribution < 1.29 is 4.39 Å². The van der Waals surface area contributed by atoms with E-state index in [4.69, 9.17) is 0 Å². The van der Waals surface area contributed by atoms with E-state index in [2.05, 4.69) is 18.8 Å². The van der Waals surface area contributed by atoms with Crippen LogP contribution in [-0.4, -0.2) is 6.21 Å². The third kappa shape index (κ3) is 1.37. The van der Waals surface area contributed by atoms with Crippen LogP contribution in [0, 0.1) is 5.82 Å². The lowest BCUT2D eigenvalue weighted by Gasteiger charge is -2.27. The second kappa shape index (κ2) is 2.66. The van der Waals surface area contributed by atoms with Crippen molar-refractivity contribution in [1.82, 2.24) is 0 Å². The summed E-state index contributed by atoms with van der Waals surface area (Å²) in [7, 11) is 0. The molecule has 0 radical (unpaired) electrons. The van der Waals surface area contributed by atoms with Crippen LogP contribution in [0.15, 0.2) is 23.2 Å². The Kier molecular flexibility index (Phi) is 1.72. The van der Waals surface area contributed by atoms with Crippen LogP contribution >= 0.6 is 0 Å². The summed E-state index contributed by atoms with van der Waals surface area (Å²) in [6.07, 6.45) is 2.78. The summed E-state index contributed by atoms with van der Waals surface area (Å²) < 4.78 is 13.0. The maximum Gasteiger partial charge on any atom is 0.123 e. The van der Waals surface area contributed by atoms with Gasteiger partial charge in [0.2, 0.25) is 0 Å². The molecule has 0 N–H and O–H groups in total. The molecule has 0 bridgehead atoms. The van der Waals surface area contributed by atoms with Crippen LogP contribution in [0.4, 0.5) is 10.1 Å². The quantitative estimate of drug-likeness (QED) is 0.577. The van der Waals surface area contributed by atoms with Crippen molar-refractivity contribution in [3.8, 4) is 0 Å². The second-order valence-electron chi connectivity index (χ2n) is 4.06. The van der Waals surface area contributed by atoms with Crippen LogP contribution in [0.5, 0.6) is 0 Å². The number of fused-ring (bicyclic) bond motifs is 1. The first-order valence-electron chi connectivity index (χ1n) is 4.42. The van der Waals surface area contributed by atoms with Crippen LogP contribution in [0.25, 0.3) is 0 Å². The van der Waals surface area contributed by atoms with Gasteiger partial charge in [-0.25, -0.2) is 4.39 Å². The normalized spacial score (nSPS) is 18.4. The molecule has 2 heteroatoms.